The number of hydrogen-bond acceptors (Lipinski definition) is 1. The van der Waals surface area contributed by atoms with Gasteiger partial charge in [0.15, 0.2) is 0 Å². The molecule has 17 heavy (non-hydrogen) atoms. The fourth-order valence-corrected chi connectivity index (χ4v) is 2.79. The first-order valence-corrected chi connectivity index (χ1v) is 6.93. The summed E-state index contributed by atoms with van der Waals surface area (Å²) < 4.78 is 5.31. The molecule has 0 aliphatic heterocycles. The number of benzene rings is 1. The Morgan fingerprint density at radius 2 is 1.71 bits per heavy atom. The van der Waals surface area contributed by atoms with E-state index in [1.54, 1.807) is 7.11 Å². The summed E-state index contributed by atoms with van der Waals surface area (Å²) in [5, 5.41) is 0.714. The van der Waals surface area contributed by atoms with Crippen LogP contribution in [-0.4, -0.2) is 25.0 Å². The van der Waals surface area contributed by atoms with Gasteiger partial charge in [-0.05, 0) is 31.0 Å². The van der Waals surface area contributed by atoms with Gasteiger partial charge in [-0.1, -0.05) is 23.7 Å². The molecule has 1 unspecified atom stereocenters. The lowest BCUT2D eigenvalue weighted by atomic mass is 9.79. The van der Waals surface area contributed by atoms with Gasteiger partial charge in [0.25, 0.3) is 0 Å². The fourth-order valence-electron chi connectivity index (χ4n) is 1.85. The van der Waals surface area contributed by atoms with Crippen LogP contribution >= 0.6 is 34.8 Å². The number of hydrogen-bond donors (Lipinski definition) is 0. The van der Waals surface area contributed by atoms with E-state index in [4.69, 9.17) is 39.5 Å². The minimum atomic E-state index is -0.261. The molecule has 0 amide bonds. The van der Waals surface area contributed by atoms with E-state index in [1.165, 1.54) is 0 Å². The van der Waals surface area contributed by atoms with Crippen molar-refractivity contribution >= 4 is 34.8 Å². The average Bonchev–Trinajstić information content (AvgIpc) is 2.37. The van der Waals surface area contributed by atoms with Crippen LogP contribution in [0.4, 0.5) is 0 Å². The molecule has 1 nitrogen and oxygen atoms in total. The summed E-state index contributed by atoms with van der Waals surface area (Å²) in [6, 6.07) is 7.69. The molecule has 4 heteroatoms. The Bertz CT molecular complexity index is 333. The van der Waals surface area contributed by atoms with Crippen LogP contribution in [0.25, 0.3) is 0 Å². The Balaban J connectivity index is 3.01. The van der Waals surface area contributed by atoms with Crippen LogP contribution in [0.5, 0.6) is 0 Å². The molecule has 0 spiro atoms. The molecule has 0 heterocycles. The Hall–Kier alpha value is 0.0500. The second-order valence-electron chi connectivity index (χ2n) is 4.30. The zero-order valence-electron chi connectivity index (χ0n) is 10.1. The van der Waals surface area contributed by atoms with E-state index in [9.17, 15) is 0 Å². The lowest BCUT2D eigenvalue weighted by Gasteiger charge is -2.32. The monoisotopic (exact) mass is 294 g/mol. The third kappa shape index (κ3) is 3.75. The quantitative estimate of drug-likeness (QED) is 0.703. The van der Waals surface area contributed by atoms with Crippen LogP contribution in [0, 0.1) is 0 Å². The summed E-state index contributed by atoms with van der Waals surface area (Å²) in [5.41, 5.74) is 0.846. The van der Waals surface area contributed by atoms with E-state index in [0.29, 0.717) is 16.8 Å². The molecule has 0 saturated heterocycles. The van der Waals surface area contributed by atoms with Gasteiger partial charge < -0.3 is 4.74 Å². The number of ether oxygens (including phenoxy) is 1. The Morgan fingerprint density at radius 3 is 2.12 bits per heavy atom. The van der Waals surface area contributed by atoms with Crippen molar-refractivity contribution in [3.8, 4) is 0 Å². The summed E-state index contributed by atoms with van der Waals surface area (Å²) in [6.07, 6.45) is 0.904. The van der Waals surface area contributed by atoms with Gasteiger partial charge in [-0.25, -0.2) is 0 Å². The first-order chi connectivity index (χ1) is 8.07. The van der Waals surface area contributed by atoms with Crippen LogP contribution in [0.3, 0.4) is 0 Å². The lowest BCUT2D eigenvalue weighted by molar-refractivity contribution is 0.0938. The van der Waals surface area contributed by atoms with Gasteiger partial charge in [0.1, 0.15) is 0 Å². The molecule has 0 radical (unpaired) electrons. The minimum Gasteiger partial charge on any atom is -0.382 e. The van der Waals surface area contributed by atoms with Crippen molar-refractivity contribution in [2.24, 2.45) is 0 Å². The Morgan fingerprint density at radius 1 is 1.18 bits per heavy atom. The molecule has 0 aliphatic carbocycles. The molecule has 1 atom stereocenters. The largest absolute Gasteiger partial charge is 0.382 e. The molecule has 1 aromatic rings. The molecule has 0 bridgehead atoms. The smallest absolute Gasteiger partial charge is 0.0552 e. The summed E-state index contributed by atoms with van der Waals surface area (Å²) in [7, 11) is 1.69. The van der Waals surface area contributed by atoms with Gasteiger partial charge in [-0.3, -0.25) is 0 Å². The molecule has 0 aromatic heterocycles. The highest BCUT2D eigenvalue weighted by molar-refractivity contribution is 6.30. The molecule has 1 aromatic carbocycles. The zero-order valence-corrected chi connectivity index (χ0v) is 12.3. The van der Waals surface area contributed by atoms with Gasteiger partial charge in [0.05, 0.1) is 6.10 Å². The van der Waals surface area contributed by atoms with Crippen molar-refractivity contribution in [1.82, 2.24) is 0 Å². The van der Waals surface area contributed by atoms with Gasteiger partial charge >= 0.3 is 0 Å². The summed E-state index contributed by atoms with van der Waals surface area (Å²) >= 11 is 18.1. The number of alkyl halides is 2. The standard InChI is InChI=1S/C13H17Cl3O/c1-10(17-2)7-13(8-14,9-15)11-3-5-12(16)6-4-11/h3-6,10H,7-9H2,1-2H3. The molecule has 0 N–H and O–H groups in total. The average molecular weight is 296 g/mol. The Labute approximate surface area is 118 Å². The van der Waals surface area contributed by atoms with Crippen LogP contribution in [0.2, 0.25) is 5.02 Å². The van der Waals surface area contributed by atoms with Crippen LogP contribution in [0.15, 0.2) is 24.3 Å². The van der Waals surface area contributed by atoms with E-state index in [2.05, 4.69) is 0 Å². The third-order valence-corrected chi connectivity index (χ3v) is 4.32. The maximum atomic E-state index is 6.13. The molecular formula is C13H17Cl3O. The first-order valence-electron chi connectivity index (χ1n) is 5.49. The third-order valence-electron chi connectivity index (χ3n) is 3.05. The highest BCUT2D eigenvalue weighted by atomic mass is 35.5. The highest BCUT2D eigenvalue weighted by Gasteiger charge is 2.32. The highest BCUT2D eigenvalue weighted by Crippen LogP contribution is 2.33. The summed E-state index contributed by atoms with van der Waals surface area (Å²) in [4.78, 5) is 0. The van der Waals surface area contributed by atoms with Gasteiger partial charge in [-0.15, -0.1) is 23.2 Å². The maximum absolute atomic E-state index is 6.13. The van der Waals surface area contributed by atoms with Gasteiger partial charge in [0, 0.05) is 29.3 Å². The summed E-state index contributed by atoms with van der Waals surface area (Å²) in [6.45, 7) is 2.02. The number of rotatable bonds is 6. The predicted octanol–water partition coefficient (Wildman–Crippen LogP) is 4.48. The number of halogens is 3. The van der Waals surface area contributed by atoms with Crippen LogP contribution in [-0.2, 0) is 10.2 Å². The predicted molar refractivity (Wildman–Crippen MR) is 75.7 cm³/mol. The molecule has 0 aliphatic rings. The normalized spacial score (nSPS) is 13.7. The van der Waals surface area contributed by atoms with Gasteiger partial charge in [-0.2, -0.15) is 0 Å². The second-order valence-corrected chi connectivity index (χ2v) is 5.28. The van der Waals surface area contributed by atoms with Crippen molar-refractivity contribution in [3.63, 3.8) is 0 Å². The van der Waals surface area contributed by atoms with Crippen molar-refractivity contribution in [1.29, 1.82) is 0 Å². The number of methoxy groups -OCH3 is 1. The maximum Gasteiger partial charge on any atom is 0.0552 e. The SMILES string of the molecule is COC(C)CC(CCl)(CCl)c1ccc(Cl)cc1. The summed E-state index contributed by atoms with van der Waals surface area (Å²) in [5.74, 6) is 0.928. The fraction of sp³-hybridized carbons (Fsp3) is 0.538. The molecule has 1 rings (SSSR count). The van der Waals surface area contributed by atoms with Crippen LogP contribution in [0.1, 0.15) is 18.9 Å². The van der Waals surface area contributed by atoms with E-state index >= 15 is 0 Å². The van der Waals surface area contributed by atoms with Crippen molar-refractivity contribution in [2.45, 2.75) is 24.9 Å². The second kappa shape index (κ2) is 6.84. The van der Waals surface area contributed by atoms with E-state index in [1.807, 2.05) is 31.2 Å². The first kappa shape index (κ1) is 15.1. The van der Waals surface area contributed by atoms with Crippen molar-refractivity contribution < 1.29 is 4.74 Å². The molecule has 0 fully saturated rings. The molecule has 0 saturated carbocycles. The van der Waals surface area contributed by atoms with Gasteiger partial charge in [0.2, 0.25) is 0 Å². The minimum absolute atomic E-state index is 0.114. The van der Waals surface area contributed by atoms with E-state index in [-0.39, 0.29) is 11.5 Å². The van der Waals surface area contributed by atoms with E-state index in [0.717, 1.165) is 12.0 Å². The van der Waals surface area contributed by atoms with E-state index < -0.39 is 0 Å². The van der Waals surface area contributed by atoms with Crippen LogP contribution < -0.4 is 0 Å². The van der Waals surface area contributed by atoms with Crippen molar-refractivity contribution in [2.75, 3.05) is 18.9 Å². The van der Waals surface area contributed by atoms with Crippen molar-refractivity contribution in [3.05, 3.63) is 34.9 Å². The molecule has 96 valence electrons. The lowest BCUT2D eigenvalue weighted by Crippen LogP contribution is -2.34. The zero-order chi connectivity index (χ0) is 12.9. The topological polar surface area (TPSA) is 9.23 Å². The Kier molecular flexibility index (Phi) is 6.08. The molecular weight excluding hydrogens is 279 g/mol.